The fourth-order valence-electron chi connectivity index (χ4n) is 1.15. The first-order valence-corrected chi connectivity index (χ1v) is 14.2. The van der Waals surface area contributed by atoms with Crippen molar-refractivity contribution < 1.29 is 32.7 Å². The Morgan fingerprint density at radius 1 is 0.917 bits per heavy atom. The molecule has 0 saturated heterocycles. The molecule has 0 heterocycles. The van der Waals surface area contributed by atoms with Gasteiger partial charge in [-0.05, 0) is 32.5 Å². The molecule has 8 nitrogen and oxygen atoms in total. The summed E-state index contributed by atoms with van der Waals surface area (Å²) in [7, 11) is -10.2. The first-order chi connectivity index (χ1) is 10.8. The first-order valence-electron chi connectivity index (χ1n) is 7.32. The van der Waals surface area contributed by atoms with E-state index in [1.54, 1.807) is 45.6 Å². The zero-order valence-electron chi connectivity index (χ0n) is 14.6. The second-order valence-electron chi connectivity index (χ2n) is 5.92. The van der Waals surface area contributed by atoms with Crippen LogP contribution in [0.15, 0.2) is 12.2 Å². The lowest BCUT2D eigenvalue weighted by atomic mass is 10.3. The Labute approximate surface area is 150 Å². The molecule has 0 aliphatic heterocycles. The van der Waals surface area contributed by atoms with Gasteiger partial charge in [-0.2, -0.15) is 20.5 Å². The van der Waals surface area contributed by atoms with Crippen molar-refractivity contribution in [3.05, 3.63) is 12.2 Å². The summed E-state index contributed by atoms with van der Waals surface area (Å²) in [6, 6.07) is 0. The molecule has 0 aromatic rings. The molecule has 0 saturated carbocycles. The summed E-state index contributed by atoms with van der Waals surface area (Å²) in [6.07, 6.45) is 4.03. The average Bonchev–Trinajstić information content (AvgIpc) is 2.37. The molecule has 0 spiro atoms. The van der Waals surface area contributed by atoms with Crippen LogP contribution in [0.5, 0.6) is 0 Å². The van der Waals surface area contributed by atoms with E-state index in [-0.39, 0.29) is 18.5 Å². The van der Waals surface area contributed by atoms with Gasteiger partial charge in [-0.15, -0.1) is 0 Å². The Kier molecular flexibility index (Phi) is 10.9. The topological polar surface area (TPSA) is 105 Å². The number of hydrogen-bond acceptors (Lipinski definition) is 9. The third kappa shape index (κ3) is 15.6. The van der Waals surface area contributed by atoms with Crippen LogP contribution in [0.25, 0.3) is 0 Å². The van der Waals surface area contributed by atoms with Crippen molar-refractivity contribution >= 4 is 41.2 Å². The van der Waals surface area contributed by atoms with Crippen molar-refractivity contribution in [1.29, 1.82) is 0 Å². The van der Waals surface area contributed by atoms with Crippen molar-refractivity contribution in [1.82, 2.24) is 0 Å². The van der Waals surface area contributed by atoms with E-state index in [4.69, 9.17) is 8.06 Å². The van der Waals surface area contributed by atoms with Crippen LogP contribution in [0.1, 0.15) is 26.7 Å². The van der Waals surface area contributed by atoms with Gasteiger partial charge in [-0.1, -0.05) is 26.0 Å². The van der Waals surface area contributed by atoms with Gasteiger partial charge in [-0.25, -0.2) is 8.37 Å². The maximum absolute atomic E-state index is 11.5. The summed E-state index contributed by atoms with van der Waals surface area (Å²) in [5, 5.41) is 0.00415. The van der Waals surface area contributed by atoms with Gasteiger partial charge in [0, 0.05) is 17.3 Å². The van der Waals surface area contributed by atoms with Crippen LogP contribution in [0, 0.1) is 0 Å². The summed E-state index contributed by atoms with van der Waals surface area (Å²) >= 11 is 0.806. The van der Waals surface area contributed by atoms with Crippen molar-refractivity contribution in [2.24, 2.45) is 0 Å². The zero-order valence-corrected chi connectivity index (χ0v) is 18.0. The quantitative estimate of drug-likeness (QED) is 0.192. The van der Waals surface area contributed by atoms with Gasteiger partial charge in [0.2, 0.25) is 8.32 Å². The molecular weight excluding hydrogens is 396 g/mol. The molecule has 0 aromatic heterocycles. The Morgan fingerprint density at radius 3 is 1.79 bits per heavy atom. The smallest absolute Gasteiger partial charge is 0.294 e. The van der Waals surface area contributed by atoms with Crippen LogP contribution >= 0.6 is 12.0 Å². The molecule has 0 unspecified atom stereocenters. The van der Waals surface area contributed by atoms with Crippen LogP contribution < -0.4 is 0 Å². The lowest BCUT2D eigenvalue weighted by Crippen LogP contribution is -2.30. The van der Waals surface area contributed by atoms with E-state index in [9.17, 15) is 16.8 Å². The maximum atomic E-state index is 11.5. The molecule has 0 bridgehead atoms. The highest BCUT2D eigenvalue weighted by Crippen LogP contribution is 2.15. The lowest BCUT2D eigenvalue weighted by molar-refractivity contribution is 0.275. The van der Waals surface area contributed by atoms with Gasteiger partial charge in [0.1, 0.15) is 0 Å². The Morgan fingerprint density at radius 2 is 1.38 bits per heavy atom. The zero-order chi connectivity index (χ0) is 18.9. The molecule has 0 atom stereocenters. The lowest BCUT2D eigenvalue weighted by Gasteiger charge is -2.15. The van der Waals surface area contributed by atoms with Crippen molar-refractivity contribution in [3.8, 4) is 0 Å². The Balaban J connectivity index is 3.88. The average molecular weight is 423 g/mol. The van der Waals surface area contributed by atoms with E-state index in [0.717, 1.165) is 12.0 Å². The molecule has 0 aromatic carbocycles. The fourth-order valence-corrected chi connectivity index (χ4v) is 5.56. The van der Waals surface area contributed by atoms with Gasteiger partial charge in [0.05, 0.1) is 13.2 Å². The van der Waals surface area contributed by atoms with Gasteiger partial charge >= 0.3 is 20.8 Å². The monoisotopic (exact) mass is 422 g/mol. The highest BCUT2D eigenvalue weighted by Gasteiger charge is 2.24. The Hall–Kier alpha value is 0.0469. The van der Waals surface area contributed by atoms with Crippen LogP contribution in [0.2, 0.25) is 19.6 Å². The van der Waals surface area contributed by atoms with Crippen molar-refractivity contribution in [3.63, 3.8) is 0 Å². The number of rotatable bonds is 13. The number of hydrogen-bond donors (Lipinski definition) is 0. The van der Waals surface area contributed by atoms with Gasteiger partial charge in [0.15, 0.2) is 0 Å². The van der Waals surface area contributed by atoms with Crippen molar-refractivity contribution in [2.45, 2.75) is 51.6 Å². The molecule has 0 aliphatic carbocycles. The largest absolute Gasteiger partial charge is 0.410 e. The highest BCUT2D eigenvalue weighted by molar-refractivity contribution is 8.03. The van der Waals surface area contributed by atoms with Gasteiger partial charge < -0.3 is 0 Å². The summed E-state index contributed by atoms with van der Waals surface area (Å²) < 4.78 is 64.3. The third-order valence-electron chi connectivity index (χ3n) is 1.86. The van der Waals surface area contributed by atoms with E-state index in [1.807, 2.05) is 0 Å². The van der Waals surface area contributed by atoms with Crippen LogP contribution in [-0.2, 0) is 36.7 Å². The standard InChI is InChI=1S/C12H26O8S3Si/c1-12(2)21-19-22(13,14)17-10-8-6-7-9-11-18-23(15,16)20-24(3,4)5/h6-7,12H,8-11H2,1-5H3/b7-6+. The summed E-state index contributed by atoms with van der Waals surface area (Å²) in [4.78, 5) is 0. The van der Waals surface area contributed by atoms with Gasteiger partial charge in [0.25, 0.3) is 0 Å². The van der Waals surface area contributed by atoms with Crippen LogP contribution in [0.3, 0.4) is 0 Å². The van der Waals surface area contributed by atoms with E-state index >= 15 is 0 Å². The maximum Gasteiger partial charge on any atom is 0.410 e. The highest BCUT2D eigenvalue weighted by atomic mass is 32.3. The molecule has 0 aliphatic rings. The molecule has 0 rings (SSSR count). The van der Waals surface area contributed by atoms with Crippen LogP contribution in [-0.4, -0.2) is 43.6 Å². The fraction of sp³-hybridized carbons (Fsp3) is 0.833. The molecule has 0 radical (unpaired) electrons. The predicted molar refractivity (Wildman–Crippen MR) is 96.4 cm³/mol. The van der Waals surface area contributed by atoms with E-state index in [2.05, 4.69) is 7.81 Å². The van der Waals surface area contributed by atoms with Crippen LogP contribution in [0.4, 0.5) is 0 Å². The predicted octanol–water partition coefficient (Wildman–Crippen LogP) is 2.77. The molecular formula is C12H26O8S3Si. The molecule has 0 N–H and O–H groups in total. The minimum Gasteiger partial charge on any atom is -0.294 e. The summed E-state index contributed by atoms with van der Waals surface area (Å²) in [5.41, 5.74) is 0. The molecule has 0 fully saturated rings. The molecule has 0 amide bonds. The molecule has 24 heavy (non-hydrogen) atoms. The normalized spacial score (nSPS) is 13.9. The molecule has 144 valence electrons. The van der Waals surface area contributed by atoms with E-state index in [0.29, 0.717) is 12.8 Å². The summed E-state index contributed by atoms with van der Waals surface area (Å²) in [6.45, 7) is 8.70. The SMILES string of the molecule is CC(C)SOS(=O)(=O)OCC/C=C/CCOS(=O)(=O)O[Si](C)(C)C. The molecule has 12 heteroatoms. The van der Waals surface area contributed by atoms with E-state index in [1.165, 1.54) is 0 Å². The first kappa shape index (κ1) is 24.0. The van der Waals surface area contributed by atoms with Crippen molar-refractivity contribution in [2.75, 3.05) is 13.2 Å². The Bertz CT molecular complexity index is 578. The summed E-state index contributed by atoms with van der Waals surface area (Å²) in [5.74, 6) is 0. The third-order valence-corrected chi connectivity index (χ3v) is 6.95. The second kappa shape index (κ2) is 10.9. The minimum atomic E-state index is -4.00. The van der Waals surface area contributed by atoms with Gasteiger partial charge in [-0.3, -0.25) is 3.87 Å². The second-order valence-corrected chi connectivity index (χ2v) is 14.6. The minimum absolute atomic E-state index is 0.00415. The van der Waals surface area contributed by atoms with E-state index < -0.39 is 29.1 Å².